The van der Waals surface area contributed by atoms with Crippen molar-refractivity contribution >= 4 is 39.9 Å². The lowest BCUT2D eigenvalue weighted by molar-refractivity contribution is -0.130. The Hall–Kier alpha value is -3.83. The fourth-order valence-corrected chi connectivity index (χ4v) is 5.87. The molecule has 0 atom stereocenters. The molecule has 1 saturated heterocycles. The summed E-state index contributed by atoms with van der Waals surface area (Å²) in [5, 5.41) is 7.44. The van der Waals surface area contributed by atoms with Crippen molar-refractivity contribution in [2.75, 3.05) is 24.2 Å². The molecule has 1 amide bonds. The Balaban J connectivity index is 1.25. The van der Waals surface area contributed by atoms with Gasteiger partial charge in [-0.15, -0.1) is 0 Å². The van der Waals surface area contributed by atoms with E-state index in [-0.39, 0.29) is 6.04 Å². The first-order chi connectivity index (χ1) is 18.4. The van der Waals surface area contributed by atoms with Crippen LogP contribution in [-0.4, -0.2) is 72.4 Å². The molecule has 0 bridgehead atoms. The van der Waals surface area contributed by atoms with E-state index < -0.39 is 13.0 Å². The van der Waals surface area contributed by atoms with E-state index in [0.717, 1.165) is 49.6 Å². The van der Waals surface area contributed by atoms with Gasteiger partial charge in [-0.3, -0.25) is 4.79 Å². The minimum atomic E-state index is -2.50. The zero-order chi connectivity index (χ0) is 26.4. The Morgan fingerprint density at radius 1 is 1.13 bits per heavy atom. The number of likely N-dealkylation sites (tertiary alicyclic amines) is 1. The second kappa shape index (κ2) is 9.80. The van der Waals surface area contributed by atoms with Crippen LogP contribution in [0.3, 0.4) is 0 Å². The Kier molecular flexibility index (Phi) is 6.32. The third kappa shape index (κ3) is 4.41. The summed E-state index contributed by atoms with van der Waals surface area (Å²) in [7, 11) is 1.80. The number of carbonyl (C=O) groups excluding carboxylic acids is 1. The smallest absolute Gasteiger partial charge is 0.256 e. The first kappa shape index (κ1) is 24.5. The van der Waals surface area contributed by atoms with Gasteiger partial charge in [-0.1, -0.05) is 0 Å². The third-order valence-electron chi connectivity index (χ3n) is 7.73. The molecule has 2 aliphatic rings. The maximum Gasteiger partial charge on any atom is 0.256 e. The maximum absolute atomic E-state index is 13.2. The highest BCUT2D eigenvalue weighted by molar-refractivity contribution is 6.01. The van der Waals surface area contributed by atoms with E-state index in [1.54, 1.807) is 20.0 Å². The average Bonchev–Trinajstić information content (AvgIpc) is 3.61. The Bertz CT molecular complexity index is 1490. The summed E-state index contributed by atoms with van der Waals surface area (Å²) < 4.78 is 27.8. The van der Waals surface area contributed by atoms with Gasteiger partial charge in [0.15, 0.2) is 5.65 Å². The van der Waals surface area contributed by atoms with Crippen molar-refractivity contribution < 1.29 is 13.6 Å². The summed E-state index contributed by atoms with van der Waals surface area (Å²) in [5.41, 5.74) is 3.04. The lowest BCUT2D eigenvalue weighted by Crippen LogP contribution is -2.41. The number of amides is 1. The Labute approximate surface area is 218 Å². The van der Waals surface area contributed by atoms with Gasteiger partial charge in [-0.25, -0.2) is 18.7 Å². The quantitative estimate of drug-likeness (QED) is 0.330. The minimum absolute atomic E-state index is 0.239. The monoisotopic (exact) mass is 523 g/mol. The largest absolute Gasteiger partial charge is 0.372 e. The zero-order valence-corrected chi connectivity index (χ0v) is 21.5. The van der Waals surface area contributed by atoms with Crippen molar-refractivity contribution in [3.05, 3.63) is 24.2 Å². The minimum Gasteiger partial charge on any atom is -0.372 e. The molecule has 2 fully saturated rings. The average molecular weight is 524 g/mol. The first-order valence-electron chi connectivity index (χ1n) is 13.2. The number of nitrogens with one attached hydrogen (secondary N) is 3. The number of H-pyrrole nitrogens is 1. The molecule has 0 aromatic carbocycles. The highest BCUT2D eigenvalue weighted by atomic mass is 19.3. The van der Waals surface area contributed by atoms with Gasteiger partial charge in [0.05, 0.1) is 17.6 Å². The zero-order valence-electron chi connectivity index (χ0n) is 21.5. The van der Waals surface area contributed by atoms with Gasteiger partial charge in [0.25, 0.3) is 6.43 Å². The summed E-state index contributed by atoms with van der Waals surface area (Å²) in [5.74, 6) is 1.97. The van der Waals surface area contributed by atoms with Crippen LogP contribution in [0.15, 0.2) is 18.3 Å². The van der Waals surface area contributed by atoms with Gasteiger partial charge in [0, 0.05) is 43.9 Å². The number of nitrogens with zero attached hydrogens (tertiary/aromatic N) is 6. The predicted molar refractivity (Wildman–Crippen MR) is 141 cm³/mol. The predicted octanol–water partition coefficient (Wildman–Crippen LogP) is 4.33. The molecule has 4 aromatic heterocycles. The lowest BCUT2D eigenvalue weighted by Gasteiger charge is -2.34. The van der Waals surface area contributed by atoms with Crippen LogP contribution in [0.25, 0.3) is 33.5 Å². The van der Waals surface area contributed by atoms with Crippen LogP contribution in [-0.2, 0) is 11.3 Å². The number of imidazole rings is 1. The normalized spacial score (nSPS) is 20.2. The van der Waals surface area contributed by atoms with E-state index in [1.807, 2.05) is 12.3 Å². The third-order valence-corrected chi connectivity index (χ3v) is 7.73. The summed E-state index contributed by atoms with van der Waals surface area (Å²) in [6, 6.07) is 4.21. The van der Waals surface area contributed by atoms with Crippen LogP contribution < -0.4 is 10.6 Å². The fraction of sp³-hybridized carbons (Fsp3) is 0.500. The van der Waals surface area contributed by atoms with Crippen LogP contribution in [0.5, 0.6) is 0 Å². The van der Waals surface area contributed by atoms with Crippen LogP contribution in [0.4, 0.5) is 20.5 Å². The Morgan fingerprint density at radius 3 is 2.66 bits per heavy atom. The summed E-state index contributed by atoms with van der Waals surface area (Å²) in [6.45, 7) is 2.14. The molecule has 0 spiro atoms. The van der Waals surface area contributed by atoms with Crippen molar-refractivity contribution in [3.63, 3.8) is 0 Å². The molecule has 1 saturated carbocycles. The van der Waals surface area contributed by atoms with E-state index in [1.165, 1.54) is 4.57 Å². The van der Waals surface area contributed by atoms with E-state index in [2.05, 4.69) is 25.5 Å². The highest BCUT2D eigenvalue weighted by Crippen LogP contribution is 2.34. The van der Waals surface area contributed by atoms with Crippen molar-refractivity contribution in [2.24, 2.45) is 0 Å². The van der Waals surface area contributed by atoms with Gasteiger partial charge >= 0.3 is 0 Å². The molecule has 0 unspecified atom stereocenters. The number of hydrogen-bond donors (Lipinski definition) is 3. The molecule has 6 rings (SSSR count). The Morgan fingerprint density at radius 2 is 1.95 bits per heavy atom. The van der Waals surface area contributed by atoms with Gasteiger partial charge in [0.2, 0.25) is 11.9 Å². The van der Waals surface area contributed by atoms with Crippen molar-refractivity contribution in [2.45, 2.75) is 70.5 Å². The van der Waals surface area contributed by atoms with Crippen LogP contribution in [0.2, 0.25) is 0 Å². The van der Waals surface area contributed by atoms with E-state index in [9.17, 15) is 13.6 Å². The molecule has 200 valence electrons. The number of aryl methyl sites for hydroxylation is 1. The van der Waals surface area contributed by atoms with E-state index >= 15 is 0 Å². The molecule has 3 N–H and O–H groups in total. The van der Waals surface area contributed by atoms with Gasteiger partial charge < -0.3 is 25.1 Å². The number of anilines is 2. The SMILES string of the molecule is CNc1nc(NC2CCC(N3CCCC3=O)CC2)nc2[nH]cc(-c3ccc4nc(C)n(CC(F)F)c4n3)c12. The van der Waals surface area contributed by atoms with Crippen LogP contribution in [0.1, 0.15) is 44.3 Å². The van der Waals surface area contributed by atoms with Crippen molar-refractivity contribution in [1.82, 2.24) is 34.4 Å². The molecule has 1 aliphatic heterocycles. The van der Waals surface area contributed by atoms with Crippen molar-refractivity contribution in [3.8, 4) is 11.3 Å². The highest BCUT2D eigenvalue weighted by Gasteiger charge is 2.31. The standard InChI is InChI=1S/C26H31F2N9O/c1-14-31-19-10-9-18(33-25(19)37(14)13-20(27)28)17-12-30-24-22(17)23(29-2)34-26(35-24)32-15-5-7-16(8-6-15)36-11-3-4-21(36)38/h9-10,12,15-16,20H,3-8,11,13H2,1-2H3,(H3,29,30,32,34,35). The molecular formula is C26H31F2N9O. The first-order valence-corrected chi connectivity index (χ1v) is 13.2. The molecule has 38 heavy (non-hydrogen) atoms. The number of carbonyl (C=O) groups is 1. The van der Waals surface area contributed by atoms with E-state index in [0.29, 0.717) is 58.5 Å². The molecule has 5 heterocycles. The topological polar surface area (TPSA) is 117 Å². The van der Waals surface area contributed by atoms with Crippen LogP contribution >= 0.6 is 0 Å². The fourth-order valence-electron chi connectivity index (χ4n) is 5.87. The number of fused-ring (bicyclic) bond motifs is 2. The second-order valence-electron chi connectivity index (χ2n) is 10.1. The molecule has 1 aliphatic carbocycles. The summed E-state index contributed by atoms with van der Waals surface area (Å²) in [6.07, 6.45) is 4.83. The molecule has 0 radical (unpaired) electrons. The van der Waals surface area contributed by atoms with Gasteiger partial charge in [-0.2, -0.15) is 9.97 Å². The van der Waals surface area contributed by atoms with Crippen LogP contribution in [0, 0.1) is 6.92 Å². The summed E-state index contributed by atoms with van der Waals surface area (Å²) in [4.78, 5) is 35.9. The number of halogens is 2. The molecule has 4 aromatic rings. The molecular weight excluding hydrogens is 492 g/mol. The van der Waals surface area contributed by atoms with E-state index in [4.69, 9.17) is 15.0 Å². The summed E-state index contributed by atoms with van der Waals surface area (Å²) >= 11 is 0. The van der Waals surface area contributed by atoms with Gasteiger partial charge in [0.1, 0.15) is 22.8 Å². The number of alkyl halides is 2. The number of pyridine rings is 1. The number of aromatic amines is 1. The number of hydrogen-bond acceptors (Lipinski definition) is 7. The maximum atomic E-state index is 13.2. The number of aromatic nitrogens is 6. The van der Waals surface area contributed by atoms with Crippen molar-refractivity contribution in [1.29, 1.82) is 0 Å². The van der Waals surface area contributed by atoms with Gasteiger partial charge in [-0.05, 0) is 51.2 Å². The second-order valence-corrected chi connectivity index (χ2v) is 10.1. The molecule has 12 heteroatoms. The number of rotatable bonds is 7. The lowest BCUT2D eigenvalue weighted by atomic mass is 9.90. The molecule has 10 nitrogen and oxygen atoms in total.